The first-order valence-corrected chi connectivity index (χ1v) is 11.3. The predicted octanol–water partition coefficient (Wildman–Crippen LogP) is 2.65. The van der Waals surface area contributed by atoms with Gasteiger partial charge in [0.15, 0.2) is 5.76 Å². The van der Waals surface area contributed by atoms with Crippen LogP contribution in [0.15, 0.2) is 36.1 Å². The van der Waals surface area contributed by atoms with E-state index in [9.17, 15) is 9.59 Å². The summed E-state index contributed by atoms with van der Waals surface area (Å²) in [6.07, 6.45) is 6.57. The van der Waals surface area contributed by atoms with Crippen LogP contribution in [0.4, 0.5) is 0 Å². The van der Waals surface area contributed by atoms with Crippen molar-refractivity contribution in [3.63, 3.8) is 0 Å². The molecule has 1 aromatic carbocycles. The molecule has 1 aliphatic rings. The van der Waals surface area contributed by atoms with Gasteiger partial charge in [0.05, 0.1) is 19.3 Å². The number of benzene rings is 1. The zero-order valence-corrected chi connectivity index (χ0v) is 18.8. The number of hydrogen-bond donors (Lipinski definition) is 3. The molecule has 0 spiro atoms. The topological polar surface area (TPSA) is 114 Å². The van der Waals surface area contributed by atoms with E-state index in [1.54, 1.807) is 18.2 Å². The summed E-state index contributed by atoms with van der Waals surface area (Å²) in [6, 6.07) is 7.10. The number of ether oxygens (including phenoxy) is 3. The van der Waals surface area contributed by atoms with E-state index in [0.29, 0.717) is 38.0 Å². The molecule has 178 valence electrons. The summed E-state index contributed by atoms with van der Waals surface area (Å²) in [5.41, 5.74) is 1.41. The van der Waals surface area contributed by atoms with E-state index in [1.807, 2.05) is 12.1 Å². The van der Waals surface area contributed by atoms with Crippen molar-refractivity contribution in [3.05, 3.63) is 47.2 Å². The van der Waals surface area contributed by atoms with E-state index in [-0.39, 0.29) is 30.8 Å². The van der Waals surface area contributed by atoms with Gasteiger partial charge in [-0.15, -0.1) is 0 Å². The van der Waals surface area contributed by atoms with E-state index in [0.717, 1.165) is 31.2 Å². The van der Waals surface area contributed by atoms with Crippen LogP contribution in [0.25, 0.3) is 0 Å². The molecule has 0 saturated heterocycles. The fourth-order valence-electron chi connectivity index (χ4n) is 3.44. The van der Waals surface area contributed by atoms with E-state index >= 15 is 0 Å². The smallest absolute Gasteiger partial charge is 0.337 e. The summed E-state index contributed by atoms with van der Waals surface area (Å²) in [7, 11) is 1.34. The predicted molar refractivity (Wildman–Crippen MR) is 119 cm³/mol. The minimum atomic E-state index is -0.575. The maximum Gasteiger partial charge on any atom is 0.337 e. The summed E-state index contributed by atoms with van der Waals surface area (Å²) in [5, 5.41) is 20.7. The summed E-state index contributed by atoms with van der Waals surface area (Å²) in [4.78, 5) is 24.4. The molecule has 2 rings (SSSR count). The molecule has 0 radical (unpaired) electrons. The van der Waals surface area contributed by atoms with Crippen molar-refractivity contribution < 1.29 is 34.0 Å². The first-order chi connectivity index (χ1) is 15.6. The van der Waals surface area contributed by atoms with Crippen molar-refractivity contribution in [2.24, 2.45) is 0 Å². The molecule has 2 atom stereocenters. The highest BCUT2D eigenvalue weighted by Crippen LogP contribution is 2.31. The molecule has 8 heteroatoms. The number of esters is 1. The fraction of sp³-hybridized carbons (Fsp3) is 0.583. The van der Waals surface area contributed by atoms with Crippen molar-refractivity contribution in [1.82, 2.24) is 5.32 Å². The van der Waals surface area contributed by atoms with Crippen LogP contribution in [0, 0.1) is 0 Å². The Bertz CT molecular complexity index is 732. The minimum absolute atomic E-state index is 0.107. The molecule has 3 N–H and O–H groups in total. The Balaban J connectivity index is 2.03. The Morgan fingerprint density at radius 3 is 2.41 bits per heavy atom. The number of hydrogen-bond acceptors (Lipinski definition) is 7. The number of allylic oxidation sites excluding steroid dienone is 1. The van der Waals surface area contributed by atoms with E-state index in [2.05, 4.69) is 5.32 Å². The number of aliphatic hydroxyl groups is 2. The Kier molecular flexibility index (Phi) is 11.8. The molecule has 1 aromatic rings. The molecule has 0 unspecified atom stereocenters. The largest absolute Gasteiger partial charge is 0.465 e. The van der Waals surface area contributed by atoms with Gasteiger partial charge in [-0.2, -0.15) is 0 Å². The normalized spacial score (nSPS) is 17.9. The molecule has 1 heterocycles. The van der Waals surface area contributed by atoms with Gasteiger partial charge in [-0.3, -0.25) is 4.79 Å². The van der Waals surface area contributed by atoms with Crippen LogP contribution in [0.3, 0.4) is 0 Å². The van der Waals surface area contributed by atoms with Crippen molar-refractivity contribution >= 4 is 11.9 Å². The number of carbonyl (C=O) groups excluding carboxylic acids is 2. The first-order valence-electron chi connectivity index (χ1n) is 11.3. The van der Waals surface area contributed by atoms with Crippen LogP contribution < -0.4 is 5.32 Å². The Hall–Kier alpha value is -2.42. The lowest BCUT2D eigenvalue weighted by atomic mass is 9.92. The van der Waals surface area contributed by atoms with Crippen molar-refractivity contribution in [3.8, 4) is 0 Å². The second kappa shape index (κ2) is 14.6. The SMILES string of the molecule is COC(=O)c1ccc([C@H]2C=C(C(=O)NCCCCCCO)O[C@@H](OCCCCO)C2)cc1. The Labute approximate surface area is 189 Å². The fourth-order valence-corrected chi connectivity index (χ4v) is 3.44. The van der Waals surface area contributed by atoms with Crippen LogP contribution in [-0.2, 0) is 19.0 Å². The van der Waals surface area contributed by atoms with E-state index in [4.69, 9.17) is 24.4 Å². The first kappa shape index (κ1) is 25.8. The van der Waals surface area contributed by atoms with Gasteiger partial charge in [0.25, 0.3) is 5.91 Å². The number of aliphatic hydroxyl groups excluding tert-OH is 2. The zero-order valence-electron chi connectivity index (χ0n) is 18.8. The maximum absolute atomic E-state index is 12.7. The molecule has 0 aliphatic carbocycles. The highest BCUT2D eigenvalue weighted by Gasteiger charge is 2.28. The standard InChI is InChI=1S/C24H35NO7/c1-30-24(29)19-10-8-18(9-11-19)20-16-21(23(28)25-12-4-2-3-5-13-26)32-22(17-20)31-15-7-6-14-27/h8-11,16,20,22,26-27H,2-7,12-15,17H2,1H3,(H,25,28)/t20-,22+/m0/s1. The second-order valence-corrected chi connectivity index (χ2v) is 7.73. The molecule has 1 amide bonds. The van der Waals surface area contributed by atoms with Crippen molar-refractivity contribution in [2.75, 3.05) is 33.5 Å². The lowest BCUT2D eigenvalue weighted by Crippen LogP contribution is -2.33. The summed E-state index contributed by atoms with van der Waals surface area (Å²) in [5.74, 6) is -0.570. The average Bonchev–Trinajstić information content (AvgIpc) is 2.83. The van der Waals surface area contributed by atoms with Gasteiger partial charge in [-0.1, -0.05) is 25.0 Å². The Morgan fingerprint density at radius 2 is 1.72 bits per heavy atom. The molecular weight excluding hydrogens is 414 g/mol. The molecule has 0 fully saturated rings. The van der Waals surface area contributed by atoms with Gasteiger partial charge in [-0.05, 0) is 49.5 Å². The third-order valence-corrected chi connectivity index (χ3v) is 5.27. The second-order valence-electron chi connectivity index (χ2n) is 7.73. The van der Waals surface area contributed by atoms with Crippen molar-refractivity contribution in [1.29, 1.82) is 0 Å². The third kappa shape index (κ3) is 8.61. The molecule has 32 heavy (non-hydrogen) atoms. The highest BCUT2D eigenvalue weighted by atomic mass is 16.7. The lowest BCUT2D eigenvalue weighted by Gasteiger charge is -2.29. The van der Waals surface area contributed by atoms with Crippen LogP contribution in [0.2, 0.25) is 0 Å². The molecular formula is C24H35NO7. The number of methoxy groups -OCH3 is 1. The summed E-state index contributed by atoms with van der Waals surface area (Å²) in [6.45, 7) is 1.26. The van der Waals surface area contributed by atoms with Gasteiger partial charge in [0, 0.05) is 32.1 Å². The number of amides is 1. The van der Waals surface area contributed by atoms with Crippen LogP contribution in [0.5, 0.6) is 0 Å². The minimum Gasteiger partial charge on any atom is -0.465 e. The van der Waals surface area contributed by atoms with E-state index < -0.39 is 12.3 Å². The van der Waals surface area contributed by atoms with Gasteiger partial charge >= 0.3 is 5.97 Å². The number of nitrogens with one attached hydrogen (secondary N) is 1. The van der Waals surface area contributed by atoms with Crippen LogP contribution in [0.1, 0.15) is 66.8 Å². The highest BCUT2D eigenvalue weighted by molar-refractivity contribution is 5.91. The van der Waals surface area contributed by atoms with Crippen molar-refractivity contribution in [2.45, 2.75) is 57.2 Å². The average molecular weight is 450 g/mol. The molecule has 1 aliphatic heterocycles. The van der Waals surface area contributed by atoms with E-state index in [1.165, 1.54) is 7.11 Å². The quantitative estimate of drug-likeness (QED) is 0.295. The van der Waals surface area contributed by atoms with Gasteiger partial charge in [-0.25, -0.2) is 4.79 Å². The van der Waals surface area contributed by atoms with Crippen LogP contribution in [-0.4, -0.2) is 61.9 Å². The van der Waals surface area contributed by atoms with Gasteiger partial charge in [0.1, 0.15) is 0 Å². The third-order valence-electron chi connectivity index (χ3n) is 5.27. The zero-order chi connectivity index (χ0) is 23.2. The lowest BCUT2D eigenvalue weighted by molar-refractivity contribution is -0.146. The molecule has 0 bridgehead atoms. The monoisotopic (exact) mass is 449 g/mol. The molecule has 0 saturated carbocycles. The van der Waals surface area contributed by atoms with Crippen LogP contribution >= 0.6 is 0 Å². The number of carbonyl (C=O) groups is 2. The summed E-state index contributed by atoms with van der Waals surface area (Å²) < 4.78 is 16.4. The summed E-state index contributed by atoms with van der Waals surface area (Å²) >= 11 is 0. The maximum atomic E-state index is 12.7. The molecule has 0 aromatic heterocycles. The molecule has 8 nitrogen and oxygen atoms in total. The number of unbranched alkanes of at least 4 members (excludes halogenated alkanes) is 4. The van der Waals surface area contributed by atoms with Gasteiger partial charge < -0.3 is 29.7 Å². The Morgan fingerprint density at radius 1 is 1.03 bits per heavy atom. The van der Waals surface area contributed by atoms with Gasteiger partial charge in [0.2, 0.25) is 6.29 Å². The number of rotatable bonds is 14.